The standard InChI is InChI=1S/C18H21N3O4S/c1-3-12-7-14-13(8-17(23)25-16(14)9-15(12)22)10-26-18-20-19-11-21(18)5-4-6-24-2/h7-9,11,22H,3-6,10H2,1-2H3. The Bertz CT molecular complexity index is 951. The number of aryl methyl sites for hydroxylation is 2. The zero-order chi connectivity index (χ0) is 18.5. The van der Waals surface area contributed by atoms with Crippen LogP contribution in [0.2, 0.25) is 0 Å². The molecule has 2 heterocycles. The van der Waals surface area contributed by atoms with E-state index in [0.29, 0.717) is 24.4 Å². The zero-order valence-corrected chi connectivity index (χ0v) is 15.6. The fraction of sp³-hybridized carbons (Fsp3) is 0.389. The minimum atomic E-state index is -0.432. The lowest BCUT2D eigenvalue weighted by atomic mass is 10.1. The highest BCUT2D eigenvalue weighted by molar-refractivity contribution is 7.98. The number of hydrogen-bond donors (Lipinski definition) is 1. The lowest BCUT2D eigenvalue weighted by Crippen LogP contribution is -2.03. The van der Waals surface area contributed by atoms with Crippen molar-refractivity contribution in [3.8, 4) is 5.75 Å². The monoisotopic (exact) mass is 375 g/mol. The van der Waals surface area contributed by atoms with E-state index in [0.717, 1.165) is 34.6 Å². The van der Waals surface area contributed by atoms with Gasteiger partial charge in [-0.15, -0.1) is 10.2 Å². The Morgan fingerprint density at radius 3 is 2.92 bits per heavy atom. The molecule has 3 aromatic rings. The van der Waals surface area contributed by atoms with Crippen molar-refractivity contribution >= 4 is 22.7 Å². The number of hydrogen-bond acceptors (Lipinski definition) is 7. The van der Waals surface area contributed by atoms with Gasteiger partial charge < -0.3 is 18.8 Å². The summed E-state index contributed by atoms with van der Waals surface area (Å²) in [6.45, 7) is 3.42. The lowest BCUT2D eigenvalue weighted by Gasteiger charge is -2.09. The van der Waals surface area contributed by atoms with Crippen LogP contribution in [-0.4, -0.2) is 33.6 Å². The van der Waals surface area contributed by atoms with Crippen LogP contribution in [0.5, 0.6) is 5.75 Å². The summed E-state index contributed by atoms with van der Waals surface area (Å²) in [6.07, 6.45) is 3.27. The number of fused-ring (bicyclic) bond motifs is 1. The maximum atomic E-state index is 11.9. The third kappa shape index (κ3) is 4.08. The Morgan fingerprint density at radius 1 is 1.31 bits per heavy atom. The molecule has 7 nitrogen and oxygen atoms in total. The molecule has 0 spiro atoms. The molecular weight excluding hydrogens is 354 g/mol. The summed E-state index contributed by atoms with van der Waals surface area (Å²) in [5.41, 5.74) is 1.63. The molecule has 1 aromatic carbocycles. The summed E-state index contributed by atoms with van der Waals surface area (Å²) < 4.78 is 12.3. The molecule has 1 N–H and O–H groups in total. The predicted molar refractivity (Wildman–Crippen MR) is 99.6 cm³/mol. The van der Waals surface area contributed by atoms with Gasteiger partial charge in [0.1, 0.15) is 17.7 Å². The number of benzene rings is 1. The number of phenolic OH excluding ortho intramolecular Hbond substituents is 1. The Kier molecular flexibility index (Phi) is 5.95. The van der Waals surface area contributed by atoms with Gasteiger partial charge in [-0.25, -0.2) is 4.79 Å². The van der Waals surface area contributed by atoms with E-state index >= 15 is 0 Å². The summed E-state index contributed by atoms with van der Waals surface area (Å²) in [7, 11) is 1.68. The van der Waals surface area contributed by atoms with Crippen molar-refractivity contribution in [2.24, 2.45) is 0 Å². The fourth-order valence-electron chi connectivity index (χ4n) is 2.74. The minimum Gasteiger partial charge on any atom is -0.508 e. The quantitative estimate of drug-likeness (QED) is 0.368. The topological polar surface area (TPSA) is 90.4 Å². The van der Waals surface area contributed by atoms with E-state index in [2.05, 4.69) is 10.2 Å². The molecule has 8 heteroatoms. The number of aromatic nitrogens is 3. The Hall–Kier alpha value is -2.32. The van der Waals surface area contributed by atoms with Gasteiger partial charge in [0.15, 0.2) is 5.16 Å². The largest absolute Gasteiger partial charge is 0.508 e. The van der Waals surface area contributed by atoms with E-state index in [9.17, 15) is 9.90 Å². The van der Waals surface area contributed by atoms with E-state index in [-0.39, 0.29) is 5.75 Å². The molecule has 0 saturated heterocycles. The number of phenols is 1. The van der Waals surface area contributed by atoms with Crippen LogP contribution in [0, 0.1) is 0 Å². The van der Waals surface area contributed by atoms with Crippen LogP contribution in [0.25, 0.3) is 11.0 Å². The summed E-state index contributed by atoms with van der Waals surface area (Å²) >= 11 is 1.51. The fourth-order valence-corrected chi connectivity index (χ4v) is 3.67. The average molecular weight is 375 g/mol. The third-order valence-corrected chi connectivity index (χ3v) is 5.12. The van der Waals surface area contributed by atoms with Gasteiger partial charge >= 0.3 is 5.63 Å². The van der Waals surface area contributed by atoms with Crippen molar-refractivity contribution < 1.29 is 14.3 Å². The van der Waals surface area contributed by atoms with Crippen LogP contribution < -0.4 is 5.63 Å². The van der Waals surface area contributed by atoms with Crippen LogP contribution in [0.4, 0.5) is 0 Å². The molecule has 0 saturated carbocycles. The molecule has 0 aliphatic heterocycles. The van der Waals surface area contributed by atoms with Crippen LogP contribution in [0.15, 0.2) is 38.9 Å². The molecule has 3 rings (SSSR count). The Labute approximate surface area is 155 Å². The first-order valence-corrected chi connectivity index (χ1v) is 9.39. The number of ether oxygens (including phenoxy) is 1. The van der Waals surface area contributed by atoms with Crippen molar-refractivity contribution in [3.05, 3.63) is 46.1 Å². The highest BCUT2D eigenvalue weighted by Gasteiger charge is 2.12. The van der Waals surface area contributed by atoms with Crippen molar-refractivity contribution in [1.29, 1.82) is 0 Å². The van der Waals surface area contributed by atoms with Gasteiger partial charge in [0, 0.05) is 43.5 Å². The van der Waals surface area contributed by atoms with Crippen molar-refractivity contribution in [3.63, 3.8) is 0 Å². The number of rotatable bonds is 8. The second kappa shape index (κ2) is 8.37. The number of nitrogens with zero attached hydrogens (tertiary/aromatic N) is 3. The first-order valence-electron chi connectivity index (χ1n) is 8.40. The lowest BCUT2D eigenvalue weighted by molar-refractivity contribution is 0.189. The third-order valence-electron chi connectivity index (χ3n) is 4.09. The molecule has 138 valence electrons. The van der Waals surface area contributed by atoms with E-state index in [4.69, 9.17) is 9.15 Å². The van der Waals surface area contributed by atoms with Gasteiger partial charge in [-0.05, 0) is 30.0 Å². The summed E-state index contributed by atoms with van der Waals surface area (Å²) in [6, 6.07) is 4.89. The Balaban J connectivity index is 1.85. The van der Waals surface area contributed by atoms with E-state index < -0.39 is 5.63 Å². The van der Waals surface area contributed by atoms with Crippen LogP contribution >= 0.6 is 11.8 Å². The van der Waals surface area contributed by atoms with Crippen LogP contribution in [-0.2, 0) is 23.5 Å². The SMILES string of the molecule is CCc1cc2c(CSc3nncn3CCCOC)cc(=O)oc2cc1O. The molecule has 0 fully saturated rings. The molecular formula is C18H21N3O4S. The van der Waals surface area contributed by atoms with Gasteiger partial charge in [-0.2, -0.15) is 0 Å². The zero-order valence-electron chi connectivity index (χ0n) is 14.8. The van der Waals surface area contributed by atoms with E-state index in [1.807, 2.05) is 17.6 Å². The molecule has 0 bridgehead atoms. The molecule has 0 aliphatic carbocycles. The second-order valence-electron chi connectivity index (χ2n) is 5.86. The van der Waals surface area contributed by atoms with Crippen molar-refractivity contribution in [2.75, 3.05) is 13.7 Å². The molecule has 0 atom stereocenters. The predicted octanol–water partition coefficient (Wildman–Crippen LogP) is 2.98. The maximum Gasteiger partial charge on any atom is 0.336 e. The Morgan fingerprint density at radius 2 is 2.15 bits per heavy atom. The minimum absolute atomic E-state index is 0.144. The van der Waals surface area contributed by atoms with Crippen molar-refractivity contribution in [2.45, 2.75) is 37.2 Å². The van der Waals surface area contributed by atoms with Gasteiger partial charge in [-0.1, -0.05) is 18.7 Å². The van der Waals surface area contributed by atoms with Crippen molar-refractivity contribution in [1.82, 2.24) is 14.8 Å². The molecule has 0 aliphatic rings. The highest BCUT2D eigenvalue weighted by Crippen LogP contribution is 2.30. The van der Waals surface area contributed by atoms with Gasteiger partial charge in [-0.3, -0.25) is 0 Å². The molecule has 2 aromatic heterocycles. The molecule has 0 radical (unpaired) electrons. The number of thioether (sulfide) groups is 1. The van der Waals surface area contributed by atoms with Crippen LogP contribution in [0.1, 0.15) is 24.5 Å². The van der Waals surface area contributed by atoms with Gasteiger partial charge in [0.05, 0.1) is 0 Å². The second-order valence-corrected chi connectivity index (χ2v) is 6.81. The molecule has 0 amide bonds. The van der Waals surface area contributed by atoms with Crippen LogP contribution in [0.3, 0.4) is 0 Å². The number of methoxy groups -OCH3 is 1. The summed E-state index contributed by atoms with van der Waals surface area (Å²) in [5, 5.41) is 19.8. The summed E-state index contributed by atoms with van der Waals surface area (Å²) in [5.74, 6) is 0.699. The molecule has 26 heavy (non-hydrogen) atoms. The first-order chi connectivity index (χ1) is 12.6. The summed E-state index contributed by atoms with van der Waals surface area (Å²) in [4.78, 5) is 11.9. The maximum absolute atomic E-state index is 11.9. The first kappa shape index (κ1) is 18.5. The van der Waals surface area contributed by atoms with Gasteiger partial charge in [0.25, 0.3) is 0 Å². The molecule has 0 unspecified atom stereocenters. The van der Waals surface area contributed by atoms with Gasteiger partial charge in [0.2, 0.25) is 0 Å². The number of aromatic hydroxyl groups is 1. The smallest absolute Gasteiger partial charge is 0.336 e. The van der Waals surface area contributed by atoms with E-state index in [1.54, 1.807) is 13.4 Å². The van der Waals surface area contributed by atoms with E-state index in [1.165, 1.54) is 23.9 Å². The normalized spacial score (nSPS) is 11.3. The highest BCUT2D eigenvalue weighted by atomic mass is 32.2. The average Bonchev–Trinajstić information content (AvgIpc) is 3.06.